The summed E-state index contributed by atoms with van der Waals surface area (Å²) in [5, 5.41) is 9.05. The Kier molecular flexibility index (Phi) is 6.55. The summed E-state index contributed by atoms with van der Waals surface area (Å²) in [6.45, 7) is 3.07. The fourth-order valence-corrected chi connectivity index (χ4v) is 6.55. The normalized spacial score (nSPS) is 21.3. The van der Waals surface area contributed by atoms with Gasteiger partial charge in [0.05, 0.1) is 11.7 Å². The van der Waals surface area contributed by atoms with Gasteiger partial charge in [-0.1, -0.05) is 37.1 Å². The Morgan fingerprint density at radius 1 is 1.19 bits per heavy atom. The van der Waals surface area contributed by atoms with Crippen molar-refractivity contribution in [3.05, 3.63) is 35.4 Å². The van der Waals surface area contributed by atoms with E-state index in [0.717, 1.165) is 38.5 Å². The number of carbonyl (C=O) groups excluding carboxylic acids is 1. The van der Waals surface area contributed by atoms with Crippen molar-refractivity contribution in [2.75, 3.05) is 18.8 Å². The highest BCUT2D eigenvalue weighted by Crippen LogP contribution is 2.35. The van der Waals surface area contributed by atoms with Gasteiger partial charge >= 0.3 is 0 Å². The molecular weight excluding hydrogens is 364 g/mol. The van der Waals surface area contributed by atoms with Crippen molar-refractivity contribution in [2.24, 2.45) is 11.8 Å². The molecule has 0 aromatic heterocycles. The van der Waals surface area contributed by atoms with Crippen molar-refractivity contribution in [1.29, 1.82) is 0 Å². The Hall–Kier alpha value is -1.44. The molecule has 1 aliphatic carbocycles. The molecule has 2 N–H and O–H groups in total. The molecule has 1 heterocycles. The van der Waals surface area contributed by atoms with Crippen molar-refractivity contribution >= 4 is 15.9 Å². The zero-order valence-electron chi connectivity index (χ0n) is 15.9. The fourth-order valence-electron chi connectivity index (χ4n) is 4.69. The van der Waals surface area contributed by atoms with E-state index in [-0.39, 0.29) is 11.7 Å². The second kappa shape index (κ2) is 8.71. The van der Waals surface area contributed by atoms with E-state index in [1.165, 1.54) is 15.4 Å². The quantitative estimate of drug-likeness (QED) is 0.574. The molecule has 1 aromatic carbocycles. The van der Waals surface area contributed by atoms with E-state index < -0.39 is 21.8 Å². The number of rotatable bonds is 6. The summed E-state index contributed by atoms with van der Waals surface area (Å²) in [5.41, 5.74) is 4.23. The zero-order valence-corrected chi connectivity index (χ0v) is 16.7. The molecule has 0 bridgehead atoms. The van der Waals surface area contributed by atoms with Crippen LogP contribution in [0.1, 0.15) is 55.6 Å². The van der Waals surface area contributed by atoms with Gasteiger partial charge in [-0.25, -0.2) is 18.2 Å². The van der Waals surface area contributed by atoms with Crippen LogP contribution in [0.25, 0.3) is 0 Å². The molecule has 1 unspecified atom stereocenters. The second-order valence-electron chi connectivity index (χ2n) is 7.94. The fraction of sp³-hybridized carbons (Fsp3) is 0.650. The van der Waals surface area contributed by atoms with Crippen LogP contribution in [0.4, 0.5) is 0 Å². The van der Waals surface area contributed by atoms with Crippen molar-refractivity contribution < 1.29 is 18.4 Å². The lowest BCUT2D eigenvalue weighted by atomic mass is 9.87. The molecule has 1 atom stereocenters. The highest BCUT2D eigenvalue weighted by molar-refractivity contribution is 7.89. The van der Waals surface area contributed by atoms with Gasteiger partial charge in [0.2, 0.25) is 15.9 Å². The molecule has 150 valence electrons. The van der Waals surface area contributed by atoms with Gasteiger partial charge in [0, 0.05) is 13.1 Å². The number of hydrogen-bond acceptors (Lipinski definition) is 4. The minimum absolute atomic E-state index is 0.0384. The largest absolute Gasteiger partial charge is 0.289 e. The minimum atomic E-state index is -3.53. The number of amides is 1. The number of aryl methyl sites for hydroxylation is 1. The van der Waals surface area contributed by atoms with E-state index in [4.69, 9.17) is 5.21 Å². The van der Waals surface area contributed by atoms with Crippen LogP contribution in [0.2, 0.25) is 0 Å². The average Bonchev–Trinajstić information content (AvgIpc) is 3.20. The number of hydrogen-bond donors (Lipinski definition) is 2. The Bertz CT molecular complexity index is 751. The van der Waals surface area contributed by atoms with Gasteiger partial charge in [0.1, 0.15) is 0 Å². The molecule has 3 rings (SSSR count). The molecule has 1 aromatic rings. The van der Waals surface area contributed by atoms with E-state index in [1.807, 2.05) is 12.1 Å². The van der Waals surface area contributed by atoms with Crippen LogP contribution in [0.5, 0.6) is 0 Å². The molecule has 2 fully saturated rings. The SMILES string of the molecule is Cc1ccccc1C1CCN(S(=O)(=O)CC(C(=O)NO)C2CCCC2)CC1. The summed E-state index contributed by atoms with van der Waals surface area (Å²) in [6.07, 6.45) is 5.32. The standard InChI is InChI=1S/C20H30N2O4S/c1-15-6-2-5-9-18(15)17-10-12-22(13-11-17)27(25,26)14-19(20(23)21-24)16-7-3-4-8-16/h2,5-6,9,16-17,19,24H,3-4,7-8,10-14H2,1H3,(H,21,23). The lowest BCUT2D eigenvalue weighted by molar-refractivity contribution is -0.134. The van der Waals surface area contributed by atoms with Gasteiger partial charge in [-0.2, -0.15) is 0 Å². The number of piperidine rings is 1. The predicted molar refractivity (Wildman–Crippen MR) is 104 cm³/mol. The first-order valence-corrected chi connectivity index (χ1v) is 11.5. The number of nitrogens with one attached hydrogen (secondary N) is 1. The summed E-state index contributed by atoms with van der Waals surface area (Å²) < 4.78 is 27.4. The minimum Gasteiger partial charge on any atom is -0.289 e. The lowest BCUT2D eigenvalue weighted by Crippen LogP contribution is -2.44. The van der Waals surface area contributed by atoms with Crippen LogP contribution in [0.3, 0.4) is 0 Å². The molecule has 0 spiro atoms. The molecular formula is C20H30N2O4S. The van der Waals surface area contributed by atoms with E-state index >= 15 is 0 Å². The highest BCUT2D eigenvalue weighted by atomic mass is 32.2. The maximum absolute atomic E-state index is 12.9. The Morgan fingerprint density at radius 2 is 1.81 bits per heavy atom. The molecule has 7 heteroatoms. The predicted octanol–water partition coefficient (Wildman–Crippen LogP) is 2.82. The first-order valence-electron chi connectivity index (χ1n) is 9.89. The Morgan fingerprint density at radius 3 is 2.41 bits per heavy atom. The molecule has 1 amide bonds. The molecule has 0 radical (unpaired) electrons. The highest BCUT2D eigenvalue weighted by Gasteiger charge is 2.37. The third kappa shape index (κ3) is 4.70. The first kappa shape index (κ1) is 20.3. The summed E-state index contributed by atoms with van der Waals surface area (Å²) in [5.74, 6) is -1.03. The Balaban J connectivity index is 1.65. The van der Waals surface area contributed by atoms with Crippen LogP contribution in [-0.2, 0) is 14.8 Å². The lowest BCUT2D eigenvalue weighted by Gasteiger charge is -2.33. The molecule has 1 saturated carbocycles. The molecule has 1 aliphatic heterocycles. The number of hydroxylamine groups is 1. The number of carbonyl (C=O) groups is 1. The number of nitrogens with zero attached hydrogens (tertiary/aromatic N) is 1. The van der Waals surface area contributed by atoms with Crippen molar-refractivity contribution in [3.63, 3.8) is 0 Å². The molecule has 1 saturated heterocycles. The van der Waals surface area contributed by atoms with Gasteiger partial charge in [-0.05, 0) is 55.6 Å². The van der Waals surface area contributed by atoms with Crippen LogP contribution < -0.4 is 5.48 Å². The average molecular weight is 395 g/mol. The number of sulfonamides is 1. The van der Waals surface area contributed by atoms with Gasteiger partial charge in [-0.15, -0.1) is 0 Å². The maximum atomic E-state index is 12.9. The van der Waals surface area contributed by atoms with Gasteiger partial charge in [0.15, 0.2) is 0 Å². The van der Waals surface area contributed by atoms with E-state index in [2.05, 4.69) is 19.1 Å². The van der Waals surface area contributed by atoms with E-state index in [1.54, 1.807) is 5.48 Å². The van der Waals surface area contributed by atoms with Crippen LogP contribution in [0.15, 0.2) is 24.3 Å². The van der Waals surface area contributed by atoms with E-state index in [0.29, 0.717) is 19.0 Å². The summed E-state index contributed by atoms with van der Waals surface area (Å²) in [4.78, 5) is 12.1. The summed E-state index contributed by atoms with van der Waals surface area (Å²) >= 11 is 0. The monoisotopic (exact) mass is 394 g/mol. The maximum Gasteiger partial charge on any atom is 0.247 e. The van der Waals surface area contributed by atoms with Crippen molar-refractivity contribution in [1.82, 2.24) is 9.79 Å². The van der Waals surface area contributed by atoms with Gasteiger partial charge < -0.3 is 0 Å². The first-order chi connectivity index (χ1) is 12.9. The third-order valence-corrected chi connectivity index (χ3v) is 8.21. The summed E-state index contributed by atoms with van der Waals surface area (Å²) in [6, 6.07) is 8.28. The van der Waals surface area contributed by atoms with Crippen LogP contribution >= 0.6 is 0 Å². The topological polar surface area (TPSA) is 86.7 Å². The third-order valence-electron chi connectivity index (χ3n) is 6.28. The smallest absolute Gasteiger partial charge is 0.247 e. The van der Waals surface area contributed by atoms with Crippen LogP contribution in [-0.4, -0.2) is 42.7 Å². The van der Waals surface area contributed by atoms with Crippen LogP contribution in [0, 0.1) is 18.8 Å². The van der Waals surface area contributed by atoms with Crippen molar-refractivity contribution in [3.8, 4) is 0 Å². The zero-order chi connectivity index (χ0) is 19.4. The summed E-state index contributed by atoms with van der Waals surface area (Å²) in [7, 11) is -3.53. The molecule has 27 heavy (non-hydrogen) atoms. The van der Waals surface area contributed by atoms with Gasteiger partial charge in [0.25, 0.3) is 0 Å². The number of benzene rings is 1. The molecule has 2 aliphatic rings. The van der Waals surface area contributed by atoms with E-state index in [9.17, 15) is 13.2 Å². The molecule has 6 nitrogen and oxygen atoms in total. The van der Waals surface area contributed by atoms with Crippen molar-refractivity contribution in [2.45, 2.75) is 51.4 Å². The Labute approximate surface area is 162 Å². The van der Waals surface area contributed by atoms with Gasteiger partial charge in [-0.3, -0.25) is 10.0 Å². The second-order valence-corrected chi connectivity index (χ2v) is 9.95.